The highest BCUT2D eigenvalue weighted by atomic mass is 32.1. The van der Waals surface area contributed by atoms with Gasteiger partial charge in [-0.05, 0) is 69.5 Å². The number of fused-ring (bicyclic) bond motifs is 1. The number of thiophene rings is 1. The van der Waals surface area contributed by atoms with Crippen LogP contribution >= 0.6 is 11.3 Å². The zero-order valence-corrected chi connectivity index (χ0v) is 11.2. The van der Waals surface area contributed by atoms with Crippen LogP contribution in [0.1, 0.15) is 40.6 Å². The third kappa shape index (κ3) is 1.72. The molecule has 2 fully saturated rings. The fourth-order valence-electron chi connectivity index (χ4n) is 3.64. The predicted molar refractivity (Wildman–Crippen MR) is 69.9 cm³/mol. The van der Waals surface area contributed by atoms with Crippen LogP contribution in [-0.4, -0.2) is 7.05 Å². The third-order valence-corrected chi connectivity index (χ3v) is 5.46. The van der Waals surface area contributed by atoms with Gasteiger partial charge in [-0.2, -0.15) is 0 Å². The van der Waals surface area contributed by atoms with E-state index in [-0.39, 0.29) is 0 Å². The summed E-state index contributed by atoms with van der Waals surface area (Å²) in [5.41, 5.74) is 1.57. The Bertz CT molecular complexity index is 385. The van der Waals surface area contributed by atoms with Crippen LogP contribution in [0.4, 0.5) is 0 Å². The monoisotopic (exact) mass is 235 g/mol. The lowest BCUT2D eigenvalue weighted by atomic mass is 9.89. The quantitative estimate of drug-likeness (QED) is 0.843. The second kappa shape index (κ2) is 3.85. The van der Waals surface area contributed by atoms with Crippen molar-refractivity contribution in [2.75, 3.05) is 7.05 Å². The summed E-state index contributed by atoms with van der Waals surface area (Å²) in [5.74, 6) is 3.06. The van der Waals surface area contributed by atoms with E-state index in [4.69, 9.17) is 0 Å². The molecule has 2 aliphatic rings. The topological polar surface area (TPSA) is 12.0 Å². The zero-order valence-electron chi connectivity index (χ0n) is 10.4. The molecule has 0 saturated heterocycles. The second-order valence-electron chi connectivity index (χ2n) is 5.62. The minimum absolute atomic E-state index is 0.609. The fraction of sp³-hybridized carbons (Fsp3) is 0.714. The van der Waals surface area contributed by atoms with Crippen LogP contribution < -0.4 is 5.32 Å². The van der Waals surface area contributed by atoms with Crippen molar-refractivity contribution in [1.82, 2.24) is 5.32 Å². The summed E-state index contributed by atoms with van der Waals surface area (Å²) in [6.07, 6.45) is 4.45. The number of hydrogen-bond acceptors (Lipinski definition) is 2. The summed E-state index contributed by atoms with van der Waals surface area (Å²) in [7, 11) is 2.13. The van der Waals surface area contributed by atoms with Gasteiger partial charge in [-0.25, -0.2) is 0 Å². The standard InChI is InChI=1S/C14H21NS/c1-8-4-13(9(2)16-8)14(15-3)12-6-10-5-11(10)7-12/h4,10-12,14-15H,5-7H2,1-3H3. The Kier molecular flexibility index (Phi) is 2.60. The lowest BCUT2D eigenvalue weighted by Gasteiger charge is -2.24. The van der Waals surface area contributed by atoms with Crippen molar-refractivity contribution in [3.63, 3.8) is 0 Å². The molecule has 0 aromatic carbocycles. The van der Waals surface area contributed by atoms with E-state index in [2.05, 4.69) is 32.3 Å². The highest BCUT2D eigenvalue weighted by Crippen LogP contribution is 2.57. The lowest BCUT2D eigenvalue weighted by molar-refractivity contribution is 0.359. The van der Waals surface area contributed by atoms with Gasteiger partial charge < -0.3 is 5.32 Å². The Hall–Kier alpha value is -0.340. The molecule has 2 saturated carbocycles. The van der Waals surface area contributed by atoms with Crippen LogP contribution in [0, 0.1) is 31.6 Å². The summed E-state index contributed by atoms with van der Waals surface area (Å²) < 4.78 is 0. The SMILES string of the molecule is CNC(c1cc(C)sc1C)C1CC2CC2C1. The summed E-state index contributed by atoms with van der Waals surface area (Å²) >= 11 is 1.94. The average Bonchev–Trinajstić information content (AvgIpc) is 2.70. The van der Waals surface area contributed by atoms with E-state index in [1.54, 1.807) is 5.56 Å². The van der Waals surface area contributed by atoms with Gasteiger partial charge in [0.05, 0.1) is 0 Å². The van der Waals surface area contributed by atoms with Crippen LogP contribution in [0.3, 0.4) is 0 Å². The molecule has 3 atom stereocenters. The molecule has 1 N–H and O–H groups in total. The van der Waals surface area contributed by atoms with Gasteiger partial charge in [0.15, 0.2) is 0 Å². The highest BCUT2D eigenvalue weighted by Gasteiger charge is 2.48. The molecule has 3 unspecified atom stereocenters. The smallest absolute Gasteiger partial charge is 0.0357 e. The Morgan fingerprint density at radius 2 is 1.94 bits per heavy atom. The van der Waals surface area contributed by atoms with Crippen molar-refractivity contribution < 1.29 is 0 Å². The molecular formula is C14H21NS. The molecule has 0 amide bonds. The van der Waals surface area contributed by atoms with Gasteiger partial charge in [0.1, 0.15) is 0 Å². The molecule has 2 aliphatic carbocycles. The normalized spacial score (nSPS) is 33.8. The van der Waals surface area contributed by atoms with Crippen molar-refractivity contribution in [1.29, 1.82) is 0 Å². The molecule has 0 aliphatic heterocycles. The summed E-state index contributed by atoms with van der Waals surface area (Å²) in [6.45, 7) is 4.49. The van der Waals surface area contributed by atoms with Gasteiger partial charge >= 0.3 is 0 Å². The minimum Gasteiger partial charge on any atom is -0.313 e. The zero-order chi connectivity index (χ0) is 11.3. The van der Waals surface area contributed by atoms with Crippen LogP contribution in [0.25, 0.3) is 0 Å². The Balaban J connectivity index is 1.82. The van der Waals surface area contributed by atoms with Crippen LogP contribution in [0.5, 0.6) is 0 Å². The number of hydrogen-bond donors (Lipinski definition) is 1. The fourth-order valence-corrected chi connectivity index (χ4v) is 4.61. The molecule has 2 heteroatoms. The maximum absolute atomic E-state index is 3.56. The molecule has 1 heterocycles. The molecular weight excluding hydrogens is 214 g/mol. The Labute approximate surface area is 102 Å². The molecule has 0 bridgehead atoms. The first-order valence-corrected chi connectivity index (χ1v) is 7.25. The molecule has 3 rings (SSSR count). The molecule has 0 radical (unpaired) electrons. The predicted octanol–water partition coefficient (Wildman–Crippen LogP) is 3.67. The number of aryl methyl sites for hydroxylation is 2. The van der Waals surface area contributed by atoms with Crippen molar-refractivity contribution in [2.45, 2.75) is 39.2 Å². The van der Waals surface area contributed by atoms with E-state index < -0.39 is 0 Å². The minimum atomic E-state index is 0.609. The van der Waals surface area contributed by atoms with Crippen molar-refractivity contribution in [3.8, 4) is 0 Å². The van der Waals surface area contributed by atoms with E-state index in [0.29, 0.717) is 6.04 Å². The van der Waals surface area contributed by atoms with Gasteiger partial charge in [0.25, 0.3) is 0 Å². The number of rotatable bonds is 3. The Morgan fingerprint density at radius 3 is 2.44 bits per heavy atom. The largest absolute Gasteiger partial charge is 0.313 e. The lowest BCUT2D eigenvalue weighted by Crippen LogP contribution is -2.24. The Morgan fingerprint density at radius 1 is 1.25 bits per heavy atom. The van der Waals surface area contributed by atoms with E-state index in [0.717, 1.165) is 17.8 Å². The molecule has 0 spiro atoms. The van der Waals surface area contributed by atoms with Gasteiger partial charge in [-0.1, -0.05) is 0 Å². The molecule has 16 heavy (non-hydrogen) atoms. The van der Waals surface area contributed by atoms with Crippen molar-refractivity contribution >= 4 is 11.3 Å². The summed E-state index contributed by atoms with van der Waals surface area (Å²) in [5, 5.41) is 3.56. The van der Waals surface area contributed by atoms with Crippen molar-refractivity contribution in [2.24, 2.45) is 17.8 Å². The van der Waals surface area contributed by atoms with E-state index in [1.807, 2.05) is 11.3 Å². The molecule has 1 aromatic rings. The van der Waals surface area contributed by atoms with E-state index in [1.165, 1.54) is 29.0 Å². The van der Waals surface area contributed by atoms with Gasteiger partial charge in [-0.3, -0.25) is 0 Å². The summed E-state index contributed by atoms with van der Waals surface area (Å²) in [4.78, 5) is 2.97. The van der Waals surface area contributed by atoms with E-state index in [9.17, 15) is 0 Å². The van der Waals surface area contributed by atoms with Gasteiger partial charge in [-0.15, -0.1) is 11.3 Å². The van der Waals surface area contributed by atoms with E-state index >= 15 is 0 Å². The first kappa shape index (κ1) is 10.8. The highest BCUT2D eigenvalue weighted by molar-refractivity contribution is 7.12. The average molecular weight is 235 g/mol. The van der Waals surface area contributed by atoms with Crippen LogP contribution in [0.15, 0.2) is 6.07 Å². The van der Waals surface area contributed by atoms with Crippen molar-refractivity contribution in [3.05, 3.63) is 21.4 Å². The molecule has 88 valence electrons. The van der Waals surface area contributed by atoms with Gasteiger partial charge in [0.2, 0.25) is 0 Å². The molecule has 1 nitrogen and oxygen atoms in total. The maximum Gasteiger partial charge on any atom is 0.0357 e. The van der Waals surface area contributed by atoms with Crippen LogP contribution in [-0.2, 0) is 0 Å². The second-order valence-corrected chi connectivity index (χ2v) is 7.08. The summed E-state index contributed by atoms with van der Waals surface area (Å²) in [6, 6.07) is 3.00. The molecule has 1 aromatic heterocycles. The van der Waals surface area contributed by atoms with Gasteiger partial charge in [0, 0.05) is 15.8 Å². The first-order valence-electron chi connectivity index (χ1n) is 6.43. The first-order chi connectivity index (χ1) is 7.69. The maximum atomic E-state index is 3.56. The van der Waals surface area contributed by atoms with Crippen LogP contribution in [0.2, 0.25) is 0 Å². The number of nitrogens with one attached hydrogen (secondary N) is 1. The third-order valence-electron chi connectivity index (χ3n) is 4.48.